The Kier molecular flexibility index (Phi) is 7.94. The van der Waals surface area contributed by atoms with E-state index >= 15 is 0 Å². The Bertz CT molecular complexity index is 419. The number of methoxy groups -OCH3 is 1. The number of hydrogen-bond acceptors (Lipinski definition) is 5. The van der Waals surface area contributed by atoms with E-state index in [9.17, 15) is 14.7 Å². The number of carbonyl (C=O) groups excluding carboxylic acids is 2. The number of rotatable bonds is 8. The van der Waals surface area contributed by atoms with Crippen LogP contribution < -0.4 is 5.32 Å². The first kappa shape index (κ1) is 19.1. The molecule has 2 fully saturated rings. The molecule has 0 aromatic carbocycles. The van der Waals surface area contributed by atoms with Crippen molar-refractivity contribution in [2.75, 3.05) is 46.4 Å². The highest BCUT2D eigenvalue weighted by atomic mass is 16.5. The van der Waals surface area contributed by atoms with Crippen LogP contribution in [0.5, 0.6) is 0 Å². The van der Waals surface area contributed by atoms with Crippen LogP contribution in [0, 0.1) is 0 Å². The number of aliphatic hydroxyl groups excluding tert-OH is 1. The number of hydrogen-bond donors (Lipinski definition) is 2. The predicted octanol–water partition coefficient (Wildman–Crippen LogP) is -0.0231. The second kappa shape index (κ2) is 9.96. The highest BCUT2D eigenvalue weighted by molar-refractivity contribution is 5.78. The molecular formula is C17H31N3O4. The van der Waals surface area contributed by atoms with Crippen molar-refractivity contribution in [1.29, 1.82) is 0 Å². The minimum absolute atomic E-state index is 0.00424. The lowest BCUT2D eigenvalue weighted by Gasteiger charge is -2.22. The van der Waals surface area contributed by atoms with Crippen molar-refractivity contribution in [1.82, 2.24) is 15.1 Å². The molecule has 2 atom stereocenters. The van der Waals surface area contributed by atoms with E-state index in [1.165, 1.54) is 0 Å². The lowest BCUT2D eigenvalue weighted by atomic mass is 10.2. The molecule has 7 heteroatoms. The fraction of sp³-hybridized carbons (Fsp3) is 0.882. The molecule has 0 saturated carbocycles. The van der Waals surface area contributed by atoms with E-state index in [1.54, 1.807) is 7.11 Å². The van der Waals surface area contributed by atoms with Gasteiger partial charge < -0.3 is 20.1 Å². The average molecular weight is 341 g/mol. The van der Waals surface area contributed by atoms with Crippen molar-refractivity contribution >= 4 is 11.8 Å². The number of amides is 2. The van der Waals surface area contributed by atoms with E-state index in [2.05, 4.69) is 5.32 Å². The van der Waals surface area contributed by atoms with Crippen LogP contribution in [0.25, 0.3) is 0 Å². The van der Waals surface area contributed by atoms with E-state index in [4.69, 9.17) is 4.74 Å². The third kappa shape index (κ3) is 5.72. The van der Waals surface area contributed by atoms with Crippen LogP contribution in [0.15, 0.2) is 0 Å². The van der Waals surface area contributed by atoms with Gasteiger partial charge in [-0.05, 0) is 25.7 Å². The van der Waals surface area contributed by atoms with Gasteiger partial charge in [-0.2, -0.15) is 0 Å². The monoisotopic (exact) mass is 341 g/mol. The number of ether oxygens (including phenoxy) is 1. The molecule has 2 heterocycles. The van der Waals surface area contributed by atoms with Crippen molar-refractivity contribution in [2.24, 2.45) is 0 Å². The van der Waals surface area contributed by atoms with Gasteiger partial charge in [-0.3, -0.25) is 14.5 Å². The number of nitrogens with one attached hydrogen (secondary N) is 1. The summed E-state index contributed by atoms with van der Waals surface area (Å²) >= 11 is 0. The third-order valence-electron chi connectivity index (χ3n) is 4.98. The van der Waals surface area contributed by atoms with Gasteiger partial charge >= 0.3 is 0 Å². The van der Waals surface area contributed by atoms with Crippen molar-refractivity contribution in [2.45, 2.75) is 50.7 Å². The van der Waals surface area contributed by atoms with Crippen LogP contribution in [-0.2, 0) is 14.3 Å². The normalized spacial score (nSPS) is 25.8. The number of nitrogens with zero attached hydrogens (tertiary/aromatic N) is 2. The van der Waals surface area contributed by atoms with Crippen LogP contribution in [0.1, 0.15) is 38.5 Å². The van der Waals surface area contributed by atoms with Gasteiger partial charge in [-0.1, -0.05) is 6.42 Å². The Balaban J connectivity index is 1.63. The van der Waals surface area contributed by atoms with Gasteiger partial charge in [-0.25, -0.2) is 0 Å². The topological polar surface area (TPSA) is 82.1 Å². The smallest absolute Gasteiger partial charge is 0.234 e. The van der Waals surface area contributed by atoms with E-state index in [0.29, 0.717) is 26.1 Å². The fourth-order valence-corrected chi connectivity index (χ4v) is 3.51. The standard InChI is InChI=1S/C17H31N3O4/c1-24-15-10-14(13-21)20(11-15)12-16(22)18-7-5-9-19-8-4-2-3-6-17(19)23/h14-15,21H,2-13H2,1H3,(H,18,22)/t14-,15+/m0/s1. The largest absolute Gasteiger partial charge is 0.395 e. The van der Waals surface area contributed by atoms with Crippen molar-refractivity contribution in [3.8, 4) is 0 Å². The zero-order valence-corrected chi connectivity index (χ0v) is 14.7. The SMILES string of the molecule is CO[C@@H]1C[C@@H](CO)N(CC(=O)NCCCN2CCCCCC2=O)C1. The molecule has 2 amide bonds. The van der Waals surface area contributed by atoms with Crippen molar-refractivity contribution in [3.63, 3.8) is 0 Å². The second-order valence-corrected chi connectivity index (χ2v) is 6.75. The first-order valence-electron chi connectivity index (χ1n) is 9.06. The Morgan fingerprint density at radius 2 is 2.21 bits per heavy atom. The summed E-state index contributed by atoms with van der Waals surface area (Å²) in [6, 6.07) is -0.00424. The summed E-state index contributed by atoms with van der Waals surface area (Å²) in [6.07, 6.45) is 5.49. The molecule has 0 radical (unpaired) electrons. The lowest BCUT2D eigenvalue weighted by Crippen LogP contribution is -2.42. The van der Waals surface area contributed by atoms with Gasteiger partial charge in [0.2, 0.25) is 11.8 Å². The van der Waals surface area contributed by atoms with E-state index < -0.39 is 0 Å². The zero-order valence-electron chi connectivity index (χ0n) is 14.7. The summed E-state index contributed by atoms with van der Waals surface area (Å²) in [4.78, 5) is 27.9. The molecule has 0 unspecified atom stereocenters. The Labute approximate surface area is 144 Å². The van der Waals surface area contributed by atoms with Crippen molar-refractivity contribution < 1.29 is 19.4 Å². The first-order valence-corrected chi connectivity index (χ1v) is 9.06. The zero-order chi connectivity index (χ0) is 17.4. The Morgan fingerprint density at radius 3 is 2.96 bits per heavy atom. The Hall–Kier alpha value is -1.18. The molecule has 0 spiro atoms. The average Bonchev–Trinajstić information content (AvgIpc) is 2.86. The molecule has 24 heavy (non-hydrogen) atoms. The minimum Gasteiger partial charge on any atom is -0.395 e. The molecule has 0 aromatic heterocycles. The summed E-state index contributed by atoms with van der Waals surface area (Å²) < 4.78 is 5.32. The van der Waals surface area contributed by atoms with Crippen LogP contribution in [0.4, 0.5) is 0 Å². The highest BCUT2D eigenvalue weighted by Crippen LogP contribution is 2.19. The van der Waals surface area contributed by atoms with Gasteiger partial charge in [0.15, 0.2) is 0 Å². The van der Waals surface area contributed by atoms with Gasteiger partial charge in [-0.15, -0.1) is 0 Å². The molecule has 0 aliphatic carbocycles. The lowest BCUT2D eigenvalue weighted by molar-refractivity contribution is -0.130. The molecular weight excluding hydrogens is 310 g/mol. The summed E-state index contributed by atoms with van der Waals surface area (Å²) in [5.74, 6) is 0.208. The maximum atomic E-state index is 12.1. The quantitative estimate of drug-likeness (QED) is 0.606. The van der Waals surface area contributed by atoms with Gasteiger partial charge in [0, 0.05) is 45.8 Å². The van der Waals surface area contributed by atoms with E-state index in [0.717, 1.165) is 38.6 Å². The Morgan fingerprint density at radius 1 is 1.38 bits per heavy atom. The number of carbonyl (C=O) groups is 2. The minimum atomic E-state index is -0.0348. The molecule has 0 bridgehead atoms. The molecule has 2 aliphatic heterocycles. The summed E-state index contributed by atoms with van der Waals surface area (Å²) in [5, 5.41) is 12.3. The van der Waals surface area contributed by atoms with Gasteiger partial charge in [0.1, 0.15) is 0 Å². The van der Waals surface area contributed by atoms with Crippen LogP contribution >= 0.6 is 0 Å². The van der Waals surface area contributed by atoms with Crippen molar-refractivity contribution in [3.05, 3.63) is 0 Å². The van der Waals surface area contributed by atoms with Crippen LogP contribution in [-0.4, -0.2) is 85.3 Å². The van der Waals surface area contributed by atoms with Gasteiger partial charge in [0.25, 0.3) is 0 Å². The fourth-order valence-electron chi connectivity index (χ4n) is 3.51. The summed E-state index contributed by atoms with van der Waals surface area (Å²) in [7, 11) is 1.66. The van der Waals surface area contributed by atoms with Gasteiger partial charge in [0.05, 0.1) is 19.3 Å². The second-order valence-electron chi connectivity index (χ2n) is 6.75. The molecule has 138 valence electrons. The summed E-state index contributed by atoms with van der Waals surface area (Å²) in [5.41, 5.74) is 0. The summed E-state index contributed by atoms with van der Waals surface area (Å²) in [6.45, 7) is 3.15. The molecule has 2 saturated heterocycles. The number of likely N-dealkylation sites (tertiary alicyclic amines) is 2. The molecule has 2 aliphatic rings. The maximum Gasteiger partial charge on any atom is 0.234 e. The molecule has 2 rings (SSSR count). The van der Waals surface area contributed by atoms with E-state index in [-0.39, 0.29) is 37.1 Å². The molecule has 2 N–H and O–H groups in total. The molecule has 0 aromatic rings. The number of aliphatic hydroxyl groups is 1. The van der Waals surface area contributed by atoms with E-state index in [1.807, 2.05) is 9.80 Å². The highest BCUT2D eigenvalue weighted by Gasteiger charge is 2.32. The molecule has 7 nitrogen and oxygen atoms in total. The third-order valence-corrected chi connectivity index (χ3v) is 4.98. The van der Waals surface area contributed by atoms with Crippen LogP contribution in [0.3, 0.4) is 0 Å². The maximum absolute atomic E-state index is 12.1. The van der Waals surface area contributed by atoms with Crippen LogP contribution in [0.2, 0.25) is 0 Å². The predicted molar refractivity (Wildman–Crippen MR) is 90.5 cm³/mol. The first-order chi connectivity index (χ1) is 11.6.